The first-order valence-electron chi connectivity index (χ1n) is 12.4. The summed E-state index contributed by atoms with van der Waals surface area (Å²) in [6.45, 7) is 3.16. The van der Waals surface area contributed by atoms with Crippen molar-refractivity contribution in [2.24, 2.45) is 0 Å². The second kappa shape index (κ2) is 9.06. The lowest BCUT2D eigenvalue weighted by atomic mass is 10.0. The highest BCUT2D eigenvalue weighted by atomic mass is 16.2. The summed E-state index contributed by atoms with van der Waals surface area (Å²) in [5, 5.41) is 4.65. The van der Waals surface area contributed by atoms with Gasteiger partial charge in [0.25, 0.3) is 11.9 Å². The molecule has 3 aromatic heterocycles. The molecule has 176 valence electrons. The molecule has 35 heavy (non-hydrogen) atoms. The maximum absolute atomic E-state index is 13.6. The van der Waals surface area contributed by atoms with E-state index in [4.69, 9.17) is 9.97 Å². The molecule has 2 aliphatic carbocycles. The number of carbonyl (C=O) groups is 1. The molecule has 3 heterocycles. The zero-order valence-corrected chi connectivity index (χ0v) is 19.9. The van der Waals surface area contributed by atoms with E-state index in [-0.39, 0.29) is 5.91 Å². The second-order valence-electron chi connectivity index (χ2n) is 9.36. The van der Waals surface area contributed by atoms with Crippen molar-refractivity contribution >= 4 is 5.91 Å². The normalized spacial score (nSPS) is 14.7. The van der Waals surface area contributed by atoms with E-state index in [1.54, 1.807) is 23.3 Å². The fourth-order valence-electron chi connectivity index (χ4n) is 4.99. The molecule has 0 bridgehead atoms. The minimum Gasteiger partial charge on any atom is -0.334 e. The molecule has 4 aromatic rings. The summed E-state index contributed by atoms with van der Waals surface area (Å²) < 4.78 is 1.80. The molecule has 1 aromatic carbocycles. The Labute approximate surface area is 204 Å². The summed E-state index contributed by atoms with van der Waals surface area (Å²) in [7, 11) is 0. The number of aromatic nitrogens is 5. The van der Waals surface area contributed by atoms with Gasteiger partial charge in [0.05, 0.1) is 23.1 Å². The van der Waals surface area contributed by atoms with E-state index >= 15 is 0 Å². The number of nitrogens with zero attached hydrogens (tertiary/aromatic N) is 6. The van der Waals surface area contributed by atoms with Crippen LogP contribution in [0.25, 0.3) is 17.2 Å². The fourth-order valence-corrected chi connectivity index (χ4v) is 4.99. The third-order valence-corrected chi connectivity index (χ3v) is 7.00. The van der Waals surface area contributed by atoms with E-state index in [0.717, 1.165) is 49.1 Å². The number of benzene rings is 1. The Morgan fingerprint density at radius 1 is 1.06 bits per heavy atom. The van der Waals surface area contributed by atoms with Gasteiger partial charge in [-0.15, -0.1) is 0 Å². The standard InChI is InChI=1S/C28H28N6O/c1-2-33(18-19-12-14-29-15-13-19)27(35)24-17-31-34(26(24)21-10-11-21)28-30-16-22-8-5-7-20-6-3-4-9-23(20)25(22)32-28/h3-4,6,9,12-17,21H,2,5,7-8,10-11,18H2,1H3. The van der Waals surface area contributed by atoms with Gasteiger partial charge in [-0.05, 0) is 67.9 Å². The van der Waals surface area contributed by atoms with Gasteiger partial charge in [-0.3, -0.25) is 9.78 Å². The van der Waals surface area contributed by atoms with Gasteiger partial charge in [-0.1, -0.05) is 24.3 Å². The van der Waals surface area contributed by atoms with Crippen molar-refractivity contribution in [2.45, 2.75) is 51.5 Å². The van der Waals surface area contributed by atoms with Gasteiger partial charge in [0.2, 0.25) is 0 Å². The van der Waals surface area contributed by atoms with Gasteiger partial charge >= 0.3 is 0 Å². The minimum atomic E-state index is -0.00225. The molecule has 1 amide bonds. The number of pyridine rings is 1. The average Bonchev–Trinajstić information content (AvgIpc) is 3.68. The first-order valence-corrected chi connectivity index (χ1v) is 12.4. The van der Waals surface area contributed by atoms with Crippen LogP contribution in [0.4, 0.5) is 0 Å². The van der Waals surface area contributed by atoms with E-state index < -0.39 is 0 Å². The molecule has 0 aliphatic heterocycles. The Balaban J connectivity index is 1.39. The van der Waals surface area contributed by atoms with Crippen LogP contribution < -0.4 is 0 Å². The first-order chi connectivity index (χ1) is 17.2. The van der Waals surface area contributed by atoms with Crippen molar-refractivity contribution in [3.05, 3.63) is 89.1 Å². The molecule has 7 nitrogen and oxygen atoms in total. The molecular weight excluding hydrogens is 436 g/mol. The van der Waals surface area contributed by atoms with Crippen LogP contribution in [-0.4, -0.2) is 42.1 Å². The van der Waals surface area contributed by atoms with Gasteiger partial charge < -0.3 is 4.90 Å². The van der Waals surface area contributed by atoms with Gasteiger partial charge in [0, 0.05) is 43.2 Å². The van der Waals surface area contributed by atoms with Crippen LogP contribution in [0.5, 0.6) is 0 Å². The van der Waals surface area contributed by atoms with Crippen LogP contribution >= 0.6 is 0 Å². The molecule has 7 heteroatoms. The third kappa shape index (κ3) is 4.11. The van der Waals surface area contributed by atoms with Crippen molar-refractivity contribution in [3.63, 3.8) is 0 Å². The predicted octanol–water partition coefficient (Wildman–Crippen LogP) is 4.75. The van der Waals surface area contributed by atoms with Crippen LogP contribution in [0.2, 0.25) is 0 Å². The number of rotatable bonds is 6. The molecular formula is C28H28N6O. The number of hydrogen-bond donors (Lipinski definition) is 0. The van der Waals surface area contributed by atoms with Crippen LogP contribution in [0.3, 0.4) is 0 Å². The SMILES string of the molecule is CCN(Cc1ccncc1)C(=O)c1cnn(-c2ncc3c(n2)-c2ccccc2CCC3)c1C1CC1. The Morgan fingerprint density at radius 2 is 1.86 bits per heavy atom. The Morgan fingerprint density at radius 3 is 2.66 bits per heavy atom. The molecule has 0 N–H and O–H groups in total. The van der Waals surface area contributed by atoms with E-state index in [1.807, 2.05) is 30.2 Å². The third-order valence-electron chi connectivity index (χ3n) is 7.00. The molecule has 1 fully saturated rings. The van der Waals surface area contributed by atoms with E-state index in [2.05, 4.69) is 34.3 Å². The van der Waals surface area contributed by atoms with Gasteiger partial charge in [0.1, 0.15) is 0 Å². The molecule has 6 rings (SSSR count). The largest absolute Gasteiger partial charge is 0.334 e. The number of fused-ring (bicyclic) bond motifs is 3. The first kappa shape index (κ1) is 21.6. The van der Waals surface area contributed by atoms with Crippen molar-refractivity contribution < 1.29 is 4.79 Å². The maximum atomic E-state index is 13.6. The lowest BCUT2D eigenvalue weighted by molar-refractivity contribution is 0.0751. The molecule has 0 atom stereocenters. The van der Waals surface area contributed by atoms with E-state index in [1.165, 1.54) is 16.7 Å². The Hall–Kier alpha value is -3.87. The van der Waals surface area contributed by atoms with Crippen molar-refractivity contribution in [2.75, 3.05) is 6.54 Å². The maximum Gasteiger partial charge on any atom is 0.257 e. The summed E-state index contributed by atoms with van der Waals surface area (Å²) in [4.78, 5) is 29.3. The van der Waals surface area contributed by atoms with Gasteiger partial charge in [-0.2, -0.15) is 5.10 Å². The summed E-state index contributed by atoms with van der Waals surface area (Å²) >= 11 is 0. The van der Waals surface area contributed by atoms with Gasteiger partial charge in [0.15, 0.2) is 0 Å². The average molecular weight is 465 g/mol. The summed E-state index contributed by atoms with van der Waals surface area (Å²) in [6.07, 6.45) is 12.4. The van der Waals surface area contributed by atoms with Crippen molar-refractivity contribution in [1.82, 2.24) is 29.6 Å². The quantitative estimate of drug-likeness (QED) is 0.411. The summed E-state index contributed by atoms with van der Waals surface area (Å²) in [6, 6.07) is 12.4. The lowest BCUT2D eigenvalue weighted by Crippen LogP contribution is -2.31. The van der Waals surface area contributed by atoms with Crippen LogP contribution in [0.1, 0.15) is 64.8 Å². The number of carbonyl (C=O) groups excluding carboxylic acids is 1. The zero-order chi connectivity index (χ0) is 23.8. The smallest absolute Gasteiger partial charge is 0.257 e. The predicted molar refractivity (Wildman–Crippen MR) is 133 cm³/mol. The highest BCUT2D eigenvalue weighted by molar-refractivity contribution is 5.95. The van der Waals surface area contributed by atoms with Crippen molar-refractivity contribution in [3.8, 4) is 17.2 Å². The fraction of sp³-hybridized carbons (Fsp3) is 0.321. The monoisotopic (exact) mass is 464 g/mol. The number of amides is 1. The van der Waals surface area contributed by atoms with Crippen LogP contribution in [-0.2, 0) is 19.4 Å². The summed E-state index contributed by atoms with van der Waals surface area (Å²) in [5.74, 6) is 0.849. The highest BCUT2D eigenvalue weighted by Gasteiger charge is 2.35. The Kier molecular flexibility index (Phi) is 5.60. The molecule has 0 unspecified atom stereocenters. The van der Waals surface area contributed by atoms with Crippen LogP contribution in [0.15, 0.2) is 61.2 Å². The molecule has 2 aliphatic rings. The second-order valence-corrected chi connectivity index (χ2v) is 9.36. The lowest BCUT2D eigenvalue weighted by Gasteiger charge is -2.21. The molecule has 1 saturated carbocycles. The van der Waals surface area contributed by atoms with Crippen molar-refractivity contribution in [1.29, 1.82) is 0 Å². The highest BCUT2D eigenvalue weighted by Crippen LogP contribution is 2.43. The molecule has 0 radical (unpaired) electrons. The van der Waals surface area contributed by atoms with E-state index in [0.29, 0.717) is 30.5 Å². The number of aryl methyl sites for hydroxylation is 2. The zero-order valence-electron chi connectivity index (χ0n) is 19.9. The van der Waals surface area contributed by atoms with Crippen LogP contribution in [0, 0.1) is 0 Å². The minimum absolute atomic E-state index is 0.00225. The number of hydrogen-bond acceptors (Lipinski definition) is 5. The Bertz CT molecular complexity index is 1380. The molecule has 0 saturated heterocycles. The topological polar surface area (TPSA) is 76.8 Å². The summed E-state index contributed by atoms with van der Waals surface area (Å²) in [5.41, 5.74) is 7.31. The van der Waals surface area contributed by atoms with Gasteiger partial charge in [-0.25, -0.2) is 14.6 Å². The molecule has 0 spiro atoms. The van der Waals surface area contributed by atoms with E-state index in [9.17, 15) is 4.79 Å².